The number of hydrogen-bond acceptors (Lipinski definition) is 3. The predicted molar refractivity (Wildman–Crippen MR) is 63.4 cm³/mol. The first-order valence-corrected chi connectivity index (χ1v) is 6.06. The van der Waals surface area contributed by atoms with E-state index >= 15 is 0 Å². The zero-order chi connectivity index (χ0) is 10.5. The number of thiophene rings is 1. The van der Waals surface area contributed by atoms with Crippen molar-refractivity contribution in [3.63, 3.8) is 0 Å². The summed E-state index contributed by atoms with van der Waals surface area (Å²) in [6, 6.07) is 5.89. The van der Waals surface area contributed by atoms with Crippen LogP contribution in [0.25, 0.3) is 0 Å². The molecule has 80 valence electrons. The van der Waals surface area contributed by atoms with Crippen LogP contribution in [0, 0.1) is 0 Å². The summed E-state index contributed by atoms with van der Waals surface area (Å²) in [5.41, 5.74) is 0. The lowest BCUT2D eigenvalue weighted by Crippen LogP contribution is -2.15. The van der Waals surface area contributed by atoms with Gasteiger partial charge >= 0.3 is 0 Å². The fourth-order valence-electron chi connectivity index (χ4n) is 1.32. The number of furan rings is 1. The molecule has 2 heterocycles. The zero-order valence-corrected chi connectivity index (χ0v) is 9.77. The third-order valence-corrected chi connectivity index (χ3v) is 3.33. The summed E-state index contributed by atoms with van der Waals surface area (Å²) in [4.78, 5) is 1.26. The third-order valence-electron chi connectivity index (χ3n) is 2.05. The van der Waals surface area contributed by atoms with Crippen molar-refractivity contribution >= 4 is 22.9 Å². The summed E-state index contributed by atoms with van der Waals surface area (Å²) in [7, 11) is 0. The molecule has 0 amide bonds. The van der Waals surface area contributed by atoms with Crippen LogP contribution in [0.3, 0.4) is 0 Å². The maximum Gasteiger partial charge on any atom is 0.105 e. The molecule has 1 N–H and O–H groups in total. The van der Waals surface area contributed by atoms with Gasteiger partial charge < -0.3 is 9.73 Å². The molecule has 2 rings (SSSR count). The average molecular weight is 242 g/mol. The van der Waals surface area contributed by atoms with Gasteiger partial charge in [0.2, 0.25) is 0 Å². The molecule has 2 aromatic heterocycles. The van der Waals surface area contributed by atoms with Crippen molar-refractivity contribution < 1.29 is 4.42 Å². The number of rotatable bonds is 5. The largest absolute Gasteiger partial charge is 0.469 e. The van der Waals surface area contributed by atoms with Gasteiger partial charge in [-0.3, -0.25) is 0 Å². The van der Waals surface area contributed by atoms with E-state index < -0.39 is 0 Å². The Balaban J connectivity index is 1.67. The van der Waals surface area contributed by atoms with E-state index in [2.05, 4.69) is 5.32 Å². The molecule has 0 radical (unpaired) electrons. The van der Waals surface area contributed by atoms with Gasteiger partial charge in [0.15, 0.2) is 0 Å². The maximum atomic E-state index is 5.82. The SMILES string of the molecule is Clc1csc(CNCCc2ccco2)c1. The van der Waals surface area contributed by atoms with Gasteiger partial charge in [-0.15, -0.1) is 11.3 Å². The Hall–Kier alpha value is -0.770. The molecule has 0 aliphatic carbocycles. The van der Waals surface area contributed by atoms with Crippen LogP contribution in [-0.4, -0.2) is 6.54 Å². The molecule has 0 fully saturated rings. The van der Waals surface area contributed by atoms with Crippen molar-refractivity contribution in [2.24, 2.45) is 0 Å². The Labute approximate surface area is 97.9 Å². The summed E-state index contributed by atoms with van der Waals surface area (Å²) in [6.45, 7) is 1.79. The van der Waals surface area contributed by atoms with Crippen LogP contribution in [0.4, 0.5) is 0 Å². The highest BCUT2D eigenvalue weighted by Crippen LogP contribution is 2.18. The van der Waals surface area contributed by atoms with Crippen LogP contribution in [0.5, 0.6) is 0 Å². The van der Waals surface area contributed by atoms with E-state index in [0.717, 1.165) is 30.3 Å². The monoisotopic (exact) mass is 241 g/mol. The first-order valence-electron chi connectivity index (χ1n) is 4.80. The molecule has 0 unspecified atom stereocenters. The van der Waals surface area contributed by atoms with E-state index in [1.165, 1.54) is 4.88 Å². The van der Waals surface area contributed by atoms with Gasteiger partial charge in [-0.25, -0.2) is 0 Å². The van der Waals surface area contributed by atoms with Crippen molar-refractivity contribution in [1.82, 2.24) is 5.32 Å². The highest BCUT2D eigenvalue weighted by molar-refractivity contribution is 7.10. The van der Waals surface area contributed by atoms with Gasteiger partial charge in [0.1, 0.15) is 5.76 Å². The van der Waals surface area contributed by atoms with Crippen LogP contribution < -0.4 is 5.32 Å². The third kappa shape index (κ3) is 3.38. The Kier molecular flexibility index (Phi) is 3.83. The molecule has 0 atom stereocenters. The molecular formula is C11H12ClNOS. The highest BCUT2D eigenvalue weighted by atomic mass is 35.5. The van der Waals surface area contributed by atoms with E-state index in [0.29, 0.717) is 0 Å². The Morgan fingerprint density at radius 3 is 3.07 bits per heavy atom. The molecule has 0 saturated carbocycles. The van der Waals surface area contributed by atoms with Crippen molar-refractivity contribution in [2.45, 2.75) is 13.0 Å². The van der Waals surface area contributed by atoms with Gasteiger partial charge in [0, 0.05) is 29.8 Å². The molecule has 15 heavy (non-hydrogen) atoms. The molecule has 0 aliphatic heterocycles. The molecule has 2 aromatic rings. The normalized spacial score (nSPS) is 10.7. The Morgan fingerprint density at radius 1 is 1.47 bits per heavy atom. The van der Waals surface area contributed by atoms with Gasteiger partial charge in [-0.2, -0.15) is 0 Å². The second kappa shape index (κ2) is 5.35. The predicted octanol–water partition coefficient (Wildman–Crippen LogP) is 3.33. The summed E-state index contributed by atoms with van der Waals surface area (Å²) < 4.78 is 5.23. The fraction of sp³-hybridized carbons (Fsp3) is 0.273. The van der Waals surface area contributed by atoms with E-state index in [9.17, 15) is 0 Å². The molecule has 0 bridgehead atoms. The minimum Gasteiger partial charge on any atom is -0.469 e. The molecule has 2 nitrogen and oxygen atoms in total. The second-order valence-corrected chi connectivity index (χ2v) is 4.67. The van der Waals surface area contributed by atoms with Gasteiger partial charge in [0.25, 0.3) is 0 Å². The first kappa shape index (κ1) is 10.7. The number of nitrogens with one attached hydrogen (secondary N) is 1. The molecule has 0 aliphatic rings. The summed E-state index contributed by atoms with van der Waals surface area (Å²) in [6.07, 6.45) is 2.63. The Bertz CT molecular complexity index is 396. The van der Waals surface area contributed by atoms with Crippen LogP contribution in [0.1, 0.15) is 10.6 Å². The smallest absolute Gasteiger partial charge is 0.105 e. The van der Waals surface area contributed by atoms with E-state index in [-0.39, 0.29) is 0 Å². The molecule has 0 saturated heterocycles. The van der Waals surface area contributed by atoms with E-state index in [4.69, 9.17) is 16.0 Å². The molecule has 0 aromatic carbocycles. The van der Waals surface area contributed by atoms with Crippen LogP contribution >= 0.6 is 22.9 Å². The van der Waals surface area contributed by atoms with E-state index in [1.54, 1.807) is 17.6 Å². The van der Waals surface area contributed by atoms with Crippen LogP contribution in [-0.2, 0) is 13.0 Å². The Morgan fingerprint density at radius 2 is 2.40 bits per heavy atom. The van der Waals surface area contributed by atoms with Gasteiger partial charge in [0.05, 0.1) is 11.3 Å². The average Bonchev–Trinajstić information content (AvgIpc) is 2.84. The van der Waals surface area contributed by atoms with Crippen LogP contribution in [0.15, 0.2) is 34.3 Å². The zero-order valence-electron chi connectivity index (χ0n) is 8.20. The van der Waals surface area contributed by atoms with Crippen molar-refractivity contribution in [3.05, 3.63) is 45.5 Å². The summed E-state index contributed by atoms with van der Waals surface area (Å²) in [5.74, 6) is 1.02. The van der Waals surface area contributed by atoms with Gasteiger partial charge in [-0.1, -0.05) is 11.6 Å². The lowest BCUT2D eigenvalue weighted by atomic mass is 10.3. The minimum atomic E-state index is 0.822. The summed E-state index contributed by atoms with van der Waals surface area (Å²) >= 11 is 7.50. The lowest BCUT2D eigenvalue weighted by molar-refractivity contribution is 0.499. The standard InChI is InChI=1S/C11H12ClNOS/c12-9-6-11(15-8-9)7-13-4-3-10-2-1-5-14-10/h1-2,5-6,8,13H,3-4,7H2. The summed E-state index contributed by atoms with van der Waals surface area (Å²) in [5, 5.41) is 6.12. The number of halogens is 1. The second-order valence-electron chi connectivity index (χ2n) is 3.24. The quantitative estimate of drug-likeness (QED) is 0.813. The molecule has 4 heteroatoms. The lowest BCUT2D eigenvalue weighted by Gasteiger charge is -2.00. The van der Waals surface area contributed by atoms with Crippen LogP contribution in [0.2, 0.25) is 5.02 Å². The maximum absolute atomic E-state index is 5.82. The highest BCUT2D eigenvalue weighted by Gasteiger charge is 1.98. The van der Waals surface area contributed by atoms with Crippen molar-refractivity contribution in [1.29, 1.82) is 0 Å². The molecular weight excluding hydrogens is 230 g/mol. The van der Waals surface area contributed by atoms with E-state index in [1.807, 2.05) is 23.6 Å². The molecule has 0 spiro atoms. The minimum absolute atomic E-state index is 0.822. The number of hydrogen-bond donors (Lipinski definition) is 1. The fourth-order valence-corrected chi connectivity index (χ4v) is 2.37. The first-order chi connectivity index (χ1) is 7.34. The van der Waals surface area contributed by atoms with Crippen molar-refractivity contribution in [2.75, 3.05) is 6.54 Å². The van der Waals surface area contributed by atoms with Crippen molar-refractivity contribution in [3.8, 4) is 0 Å². The topological polar surface area (TPSA) is 25.2 Å². The van der Waals surface area contributed by atoms with Gasteiger partial charge in [-0.05, 0) is 18.2 Å².